The first-order chi connectivity index (χ1) is 12.7. The fraction of sp³-hybridized carbons (Fsp3) is 0.500. The lowest BCUT2D eigenvalue weighted by molar-refractivity contribution is -0.427. The van der Waals surface area contributed by atoms with Crippen molar-refractivity contribution in [2.24, 2.45) is 0 Å². The number of rotatable bonds is 16. The zero-order chi connectivity index (χ0) is 19.3. The zero-order valence-corrected chi connectivity index (χ0v) is 15.9. The van der Waals surface area contributed by atoms with Crippen LogP contribution in [0.2, 0.25) is 0 Å². The van der Waals surface area contributed by atoms with Gasteiger partial charge in [0.25, 0.3) is 0 Å². The van der Waals surface area contributed by atoms with Gasteiger partial charge in [0.2, 0.25) is 5.70 Å². The van der Waals surface area contributed by atoms with Crippen molar-refractivity contribution in [2.75, 3.05) is 0 Å². The molecule has 0 amide bonds. The molecule has 0 aliphatic rings. The van der Waals surface area contributed by atoms with Gasteiger partial charge in [-0.05, 0) is 44.6 Å². The number of nitrogens with zero attached hydrogens (tertiary/aromatic N) is 1. The van der Waals surface area contributed by atoms with Gasteiger partial charge in [-0.1, -0.05) is 68.4 Å². The van der Waals surface area contributed by atoms with Gasteiger partial charge in [0, 0.05) is 6.42 Å². The zero-order valence-electron chi connectivity index (χ0n) is 15.9. The van der Waals surface area contributed by atoms with Gasteiger partial charge >= 0.3 is 0 Å². The minimum absolute atomic E-state index is 0.201. The predicted molar refractivity (Wildman–Crippen MR) is 109 cm³/mol. The molecule has 143 valence electrons. The van der Waals surface area contributed by atoms with Gasteiger partial charge in [-0.15, -0.1) is 0 Å². The van der Waals surface area contributed by atoms with Crippen LogP contribution in [0.15, 0.2) is 60.4 Å². The van der Waals surface area contributed by atoms with Crippen molar-refractivity contribution in [3.8, 4) is 0 Å². The minimum atomic E-state index is -0.337. The molecule has 0 spiro atoms. The summed E-state index contributed by atoms with van der Waals surface area (Å²) in [5, 5.41) is 11.0. The second-order valence-corrected chi connectivity index (χ2v) is 5.93. The number of carbonyl (C=O) groups excluding carboxylic acids is 1. The number of hydrogen-bond donors (Lipinski definition) is 0. The molecule has 0 bridgehead atoms. The molecule has 26 heavy (non-hydrogen) atoms. The van der Waals surface area contributed by atoms with Gasteiger partial charge < -0.3 is 0 Å². The van der Waals surface area contributed by atoms with Crippen LogP contribution in [0.5, 0.6) is 0 Å². The molecule has 4 heteroatoms. The highest BCUT2D eigenvalue weighted by Crippen LogP contribution is 2.07. The summed E-state index contributed by atoms with van der Waals surface area (Å²) in [4.78, 5) is 20.7. The highest BCUT2D eigenvalue weighted by atomic mass is 16.6. The van der Waals surface area contributed by atoms with E-state index in [9.17, 15) is 14.9 Å². The molecule has 0 N–H and O–H groups in total. The highest BCUT2D eigenvalue weighted by Gasteiger charge is 2.06. The van der Waals surface area contributed by atoms with Gasteiger partial charge in [0.05, 0.1) is 11.3 Å². The molecule has 0 saturated heterocycles. The highest BCUT2D eigenvalue weighted by molar-refractivity contribution is 5.50. The smallest absolute Gasteiger partial charge is 0.246 e. The van der Waals surface area contributed by atoms with E-state index in [-0.39, 0.29) is 10.6 Å². The third kappa shape index (κ3) is 16.6. The second-order valence-electron chi connectivity index (χ2n) is 5.93. The van der Waals surface area contributed by atoms with E-state index in [1.165, 1.54) is 19.3 Å². The lowest BCUT2D eigenvalue weighted by Crippen LogP contribution is -1.97. The maximum Gasteiger partial charge on any atom is 0.246 e. The van der Waals surface area contributed by atoms with Crippen molar-refractivity contribution in [3.63, 3.8) is 0 Å². The molecule has 0 saturated carbocycles. The molecule has 1 radical (unpaired) electrons. The van der Waals surface area contributed by atoms with Crippen LogP contribution >= 0.6 is 0 Å². The molecular weight excluding hydrogens is 326 g/mol. The molecule has 0 unspecified atom stereocenters. The number of nitro groups is 1. The van der Waals surface area contributed by atoms with Crippen molar-refractivity contribution >= 4 is 6.29 Å². The van der Waals surface area contributed by atoms with Gasteiger partial charge in [-0.2, -0.15) is 0 Å². The van der Waals surface area contributed by atoms with E-state index in [2.05, 4.69) is 31.2 Å². The lowest BCUT2D eigenvalue weighted by atomic mass is 10.2. The second kappa shape index (κ2) is 19.1. The Bertz CT molecular complexity index is 513. The van der Waals surface area contributed by atoms with Crippen molar-refractivity contribution in [3.05, 3.63) is 70.5 Å². The monoisotopic (exact) mass is 358 g/mol. The standard InChI is InChI=1S/C22H32NO3/c1-2-3-4-5-6-7-8-9-10-11-13-16-19-22(23(25)26)20-17-14-12-15-18-21-24/h6-7,9-10,12-14,16,20H,2-5,8,11,15,17-19H2,1H3/b7-6-,10-9-,14-12-,16-13-,22-20+. The average molecular weight is 359 g/mol. The molecule has 0 fully saturated rings. The van der Waals surface area contributed by atoms with Crippen LogP contribution in [0.1, 0.15) is 71.1 Å². The van der Waals surface area contributed by atoms with E-state index in [0.717, 1.165) is 19.3 Å². The Morgan fingerprint density at radius 2 is 1.50 bits per heavy atom. The average Bonchev–Trinajstić information content (AvgIpc) is 2.63. The Hall–Kier alpha value is -2.23. The minimum Gasteiger partial charge on any atom is -0.291 e. The molecule has 0 aliphatic carbocycles. The number of hydrogen-bond acceptors (Lipinski definition) is 3. The maximum atomic E-state index is 11.0. The largest absolute Gasteiger partial charge is 0.291 e. The molecule has 0 aromatic heterocycles. The summed E-state index contributed by atoms with van der Waals surface area (Å²) in [5.74, 6) is 0. The van der Waals surface area contributed by atoms with Crippen LogP contribution in [-0.2, 0) is 4.79 Å². The normalized spacial score (nSPS) is 12.9. The lowest BCUT2D eigenvalue weighted by Gasteiger charge is -1.93. The van der Waals surface area contributed by atoms with E-state index in [4.69, 9.17) is 0 Å². The summed E-state index contributed by atoms with van der Waals surface area (Å²) < 4.78 is 0. The molecule has 0 aromatic rings. The molecule has 0 heterocycles. The third-order valence-corrected chi connectivity index (χ3v) is 3.65. The molecular formula is C22H32NO3. The van der Waals surface area contributed by atoms with Crippen molar-refractivity contribution in [1.82, 2.24) is 0 Å². The number of unbranched alkanes of at least 4 members (excludes halogenated alkanes) is 4. The summed E-state index contributed by atoms with van der Waals surface area (Å²) >= 11 is 0. The topological polar surface area (TPSA) is 60.2 Å². The first kappa shape index (κ1) is 23.8. The Labute approximate surface area is 158 Å². The van der Waals surface area contributed by atoms with Gasteiger partial charge in [0.15, 0.2) is 6.29 Å². The molecule has 0 atom stereocenters. The van der Waals surface area contributed by atoms with Gasteiger partial charge in [0.1, 0.15) is 0 Å². The first-order valence-corrected chi connectivity index (χ1v) is 9.50. The fourth-order valence-corrected chi connectivity index (χ4v) is 2.17. The van der Waals surface area contributed by atoms with E-state index in [1.54, 1.807) is 6.08 Å². The quantitative estimate of drug-likeness (QED) is 0.139. The van der Waals surface area contributed by atoms with Crippen molar-refractivity contribution in [1.29, 1.82) is 0 Å². The molecule has 0 aliphatic heterocycles. The van der Waals surface area contributed by atoms with Crippen LogP contribution in [0.4, 0.5) is 0 Å². The van der Waals surface area contributed by atoms with Gasteiger partial charge in [-0.3, -0.25) is 14.9 Å². The third-order valence-electron chi connectivity index (χ3n) is 3.65. The first-order valence-electron chi connectivity index (χ1n) is 9.50. The summed E-state index contributed by atoms with van der Waals surface area (Å²) in [7, 11) is 0. The van der Waals surface area contributed by atoms with Crippen LogP contribution < -0.4 is 0 Å². The maximum absolute atomic E-state index is 11.0. The van der Waals surface area contributed by atoms with E-state index < -0.39 is 0 Å². The fourth-order valence-electron chi connectivity index (χ4n) is 2.17. The Kier molecular flexibility index (Phi) is 17.5. The molecule has 0 aromatic carbocycles. The van der Waals surface area contributed by atoms with Crippen LogP contribution in [-0.4, -0.2) is 11.2 Å². The van der Waals surface area contributed by atoms with E-state index >= 15 is 0 Å². The van der Waals surface area contributed by atoms with Crippen LogP contribution in [0, 0.1) is 10.1 Å². The molecule has 4 nitrogen and oxygen atoms in total. The Morgan fingerprint density at radius 3 is 2.15 bits per heavy atom. The van der Waals surface area contributed by atoms with Crippen LogP contribution in [0.3, 0.4) is 0 Å². The SMILES string of the molecule is CCCCC/C=C\C/C=C\C/C=C\C/C(=C\C/C=C\CC[C]=O)[N+](=O)[O-]. The molecule has 0 rings (SSSR count). The summed E-state index contributed by atoms with van der Waals surface area (Å²) in [5.41, 5.74) is 0.201. The van der Waals surface area contributed by atoms with E-state index in [0.29, 0.717) is 25.7 Å². The van der Waals surface area contributed by atoms with Crippen LogP contribution in [0.25, 0.3) is 0 Å². The summed E-state index contributed by atoms with van der Waals surface area (Å²) in [6.45, 7) is 2.21. The number of allylic oxidation sites excluding steroid dienone is 9. The van der Waals surface area contributed by atoms with Gasteiger partial charge in [-0.25, -0.2) is 0 Å². The van der Waals surface area contributed by atoms with E-state index in [1.807, 2.05) is 30.6 Å². The predicted octanol–water partition coefficient (Wildman–Crippen LogP) is 6.40. The Morgan fingerprint density at radius 1 is 0.885 bits per heavy atom. The summed E-state index contributed by atoms with van der Waals surface area (Å²) in [6.07, 6.45) is 28.0. The van der Waals surface area contributed by atoms with Crippen molar-refractivity contribution < 1.29 is 9.72 Å². The summed E-state index contributed by atoms with van der Waals surface area (Å²) in [6, 6.07) is 0. The van der Waals surface area contributed by atoms with Crippen molar-refractivity contribution in [2.45, 2.75) is 71.1 Å². The Balaban J connectivity index is 3.99.